The molecule has 1 fully saturated rings. The van der Waals surface area contributed by atoms with Crippen LogP contribution in [0.4, 0.5) is 0 Å². The van der Waals surface area contributed by atoms with Gasteiger partial charge in [0.2, 0.25) is 0 Å². The molecule has 23 heavy (non-hydrogen) atoms. The Kier molecular flexibility index (Phi) is 4.51. The van der Waals surface area contributed by atoms with Crippen molar-refractivity contribution in [1.29, 1.82) is 0 Å². The number of benzene rings is 1. The van der Waals surface area contributed by atoms with Crippen molar-refractivity contribution in [2.45, 2.75) is 33.6 Å². The molecule has 1 saturated heterocycles. The van der Waals surface area contributed by atoms with Gasteiger partial charge >= 0.3 is 0 Å². The maximum Gasteiger partial charge on any atom is 0.259 e. The van der Waals surface area contributed by atoms with Crippen molar-refractivity contribution in [2.24, 2.45) is 11.8 Å². The number of hydrogen-bond donors (Lipinski definition) is 0. The van der Waals surface area contributed by atoms with Crippen molar-refractivity contribution in [1.82, 2.24) is 10.1 Å². The van der Waals surface area contributed by atoms with Crippen molar-refractivity contribution in [2.75, 3.05) is 13.1 Å². The van der Waals surface area contributed by atoms with E-state index in [0.29, 0.717) is 23.1 Å². The van der Waals surface area contributed by atoms with Gasteiger partial charge in [-0.3, -0.25) is 4.79 Å². The summed E-state index contributed by atoms with van der Waals surface area (Å²) in [5, 5.41) is 4.06. The van der Waals surface area contributed by atoms with Crippen molar-refractivity contribution in [3.8, 4) is 11.3 Å². The van der Waals surface area contributed by atoms with Gasteiger partial charge in [0.1, 0.15) is 17.5 Å². The zero-order valence-electron chi connectivity index (χ0n) is 14.1. The van der Waals surface area contributed by atoms with Crippen LogP contribution in [0.5, 0.6) is 0 Å². The molecule has 0 aliphatic carbocycles. The summed E-state index contributed by atoms with van der Waals surface area (Å²) >= 11 is 0. The average molecular weight is 312 g/mol. The van der Waals surface area contributed by atoms with Gasteiger partial charge in [0.15, 0.2) is 0 Å². The van der Waals surface area contributed by atoms with E-state index in [2.05, 4.69) is 19.0 Å². The molecular weight excluding hydrogens is 288 g/mol. The average Bonchev–Trinajstić information content (AvgIpc) is 3.04. The van der Waals surface area contributed by atoms with Crippen LogP contribution in [0, 0.1) is 18.8 Å². The van der Waals surface area contributed by atoms with Crippen LogP contribution in [0.2, 0.25) is 0 Å². The van der Waals surface area contributed by atoms with Crippen LogP contribution in [-0.2, 0) is 0 Å². The lowest BCUT2D eigenvalue weighted by Gasteiger charge is -2.34. The number of carbonyl (C=O) groups excluding carboxylic acids is 1. The summed E-state index contributed by atoms with van der Waals surface area (Å²) in [5.41, 5.74) is 3.31. The first kappa shape index (κ1) is 15.8. The number of likely N-dealkylation sites (tertiary alicyclic amines) is 1. The molecule has 0 saturated carbocycles. The van der Waals surface area contributed by atoms with Crippen LogP contribution in [-0.4, -0.2) is 29.1 Å². The van der Waals surface area contributed by atoms with Gasteiger partial charge in [-0.1, -0.05) is 48.8 Å². The summed E-state index contributed by atoms with van der Waals surface area (Å²) in [6.45, 7) is 8.15. The van der Waals surface area contributed by atoms with Crippen LogP contribution in [0.1, 0.15) is 42.6 Å². The first-order valence-corrected chi connectivity index (χ1v) is 8.37. The second kappa shape index (κ2) is 6.57. The quantitative estimate of drug-likeness (QED) is 0.855. The molecule has 1 atom stereocenters. The van der Waals surface area contributed by atoms with E-state index in [1.807, 2.05) is 36.1 Å². The molecule has 4 nitrogen and oxygen atoms in total. The van der Waals surface area contributed by atoms with Gasteiger partial charge < -0.3 is 9.42 Å². The molecule has 1 amide bonds. The lowest BCUT2D eigenvalue weighted by Crippen LogP contribution is -2.41. The summed E-state index contributed by atoms with van der Waals surface area (Å²) < 4.78 is 5.12. The molecule has 0 radical (unpaired) electrons. The summed E-state index contributed by atoms with van der Waals surface area (Å²) in [6, 6.07) is 8.01. The molecular formula is C19H24N2O2. The Balaban J connectivity index is 1.83. The summed E-state index contributed by atoms with van der Waals surface area (Å²) in [5.74, 6) is 1.22. The maximum absolute atomic E-state index is 12.9. The highest BCUT2D eigenvalue weighted by Gasteiger charge is 2.29. The molecule has 0 N–H and O–H groups in total. The zero-order chi connectivity index (χ0) is 16.4. The molecule has 3 rings (SSSR count). The number of aryl methyl sites for hydroxylation is 1. The molecule has 4 heteroatoms. The first-order chi connectivity index (χ1) is 11.1. The van der Waals surface area contributed by atoms with Crippen molar-refractivity contribution in [3.63, 3.8) is 0 Å². The Morgan fingerprint density at radius 3 is 2.74 bits per heavy atom. The van der Waals surface area contributed by atoms with Gasteiger partial charge in [-0.25, -0.2) is 0 Å². The molecule has 1 aliphatic heterocycles. The molecule has 1 aliphatic rings. The number of aromatic nitrogens is 1. The van der Waals surface area contributed by atoms with Gasteiger partial charge in [-0.05, 0) is 31.6 Å². The van der Waals surface area contributed by atoms with E-state index >= 15 is 0 Å². The fraction of sp³-hybridized carbons (Fsp3) is 0.474. The second-order valence-electron chi connectivity index (χ2n) is 6.84. The third-order valence-electron chi connectivity index (χ3n) is 4.81. The molecule has 1 aromatic heterocycles. The summed E-state index contributed by atoms with van der Waals surface area (Å²) in [4.78, 5) is 14.9. The minimum absolute atomic E-state index is 0.0344. The molecule has 1 aromatic carbocycles. The molecule has 2 heterocycles. The Morgan fingerprint density at radius 1 is 1.30 bits per heavy atom. The molecule has 2 aromatic rings. The van der Waals surface area contributed by atoms with E-state index in [4.69, 9.17) is 4.52 Å². The fourth-order valence-electron chi connectivity index (χ4n) is 3.22. The lowest BCUT2D eigenvalue weighted by molar-refractivity contribution is 0.0641. The minimum Gasteiger partial charge on any atom is -0.363 e. The van der Waals surface area contributed by atoms with Gasteiger partial charge in [0.25, 0.3) is 5.91 Å². The van der Waals surface area contributed by atoms with Crippen LogP contribution in [0.25, 0.3) is 11.3 Å². The topological polar surface area (TPSA) is 46.3 Å². The van der Waals surface area contributed by atoms with Gasteiger partial charge in [-0.2, -0.15) is 0 Å². The van der Waals surface area contributed by atoms with Crippen molar-refractivity contribution in [3.05, 3.63) is 41.7 Å². The predicted molar refractivity (Wildman–Crippen MR) is 90.1 cm³/mol. The Hall–Kier alpha value is -2.10. The lowest BCUT2D eigenvalue weighted by atomic mass is 9.87. The minimum atomic E-state index is 0.0344. The van der Waals surface area contributed by atoms with Gasteiger partial charge in [0, 0.05) is 18.7 Å². The third-order valence-corrected chi connectivity index (χ3v) is 4.81. The highest BCUT2D eigenvalue weighted by Crippen LogP contribution is 2.28. The van der Waals surface area contributed by atoms with Gasteiger partial charge in [-0.15, -0.1) is 0 Å². The monoisotopic (exact) mass is 312 g/mol. The van der Waals surface area contributed by atoms with E-state index in [1.54, 1.807) is 0 Å². The first-order valence-electron chi connectivity index (χ1n) is 8.37. The highest BCUT2D eigenvalue weighted by atomic mass is 16.5. The van der Waals surface area contributed by atoms with E-state index in [-0.39, 0.29) is 5.91 Å². The van der Waals surface area contributed by atoms with Crippen LogP contribution in [0.3, 0.4) is 0 Å². The SMILES string of the molecule is Cc1ccc(-c2nocc2C(=O)N2CCC[C@@H](C(C)C)C2)cc1. The number of piperidine rings is 1. The van der Waals surface area contributed by atoms with Crippen molar-refractivity contribution >= 4 is 5.91 Å². The van der Waals surface area contributed by atoms with Crippen LogP contribution >= 0.6 is 0 Å². The van der Waals surface area contributed by atoms with Crippen LogP contribution in [0.15, 0.2) is 35.1 Å². The number of nitrogens with zero attached hydrogens (tertiary/aromatic N) is 2. The van der Waals surface area contributed by atoms with E-state index in [1.165, 1.54) is 18.2 Å². The Morgan fingerprint density at radius 2 is 2.04 bits per heavy atom. The standard InChI is InChI=1S/C19H24N2O2/c1-13(2)16-5-4-10-21(11-16)19(22)17-12-23-20-18(17)15-8-6-14(3)7-9-15/h6-9,12-13,16H,4-5,10-11H2,1-3H3/t16-/m1/s1. The largest absolute Gasteiger partial charge is 0.363 e. The summed E-state index contributed by atoms with van der Waals surface area (Å²) in [7, 11) is 0. The van der Waals surface area contributed by atoms with Crippen LogP contribution < -0.4 is 0 Å². The molecule has 122 valence electrons. The van der Waals surface area contributed by atoms with E-state index in [0.717, 1.165) is 25.1 Å². The Bertz CT molecular complexity index is 673. The number of rotatable bonds is 3. The van der Waals surface area contributed by atoms with Crippen molar-refractivity contribution < 1.29 is 9.32 Å². The molecule has 0 bridgehead atoms. The molecule has 0 unspecified atom stereocenters. The fourth-order valence-corrected chi connectivity index (χ4v) is 3.22. The smallest absolute Gasteiger partial charge is 0.259 e. The zero-order valence-corrected chi connectivity index (χ0v) is 14.1. The van der Waals surface area contributed by atoms with E-state index < -0.39 is 0 Å². The highest BCUT2D eigenvalue weighted by molar-refractivity contribution is 5.99. The maximum atomic E-state index is 12.9. The second-order valence-corrected chi connectivity index (χ2v) is 6.84. The number of carbonyl (C=O) groups is 1. The number of amides is 1. The predicted octanol–water partition coefficient (Wildman–Crippen LogP) is 4.16. The number of hydrogen-bond acceptors (Lipinski definition) is 3. The molecule has 0 spiro atoms. The summed E-state index contributed by atoms with van der Waals surface area (Å²) in [6.07, 6.45) is 3.76. The Labute approximate surface area is 137 Å². The normalized spacial score (nSPS) is 18.4. The van der Waals surface area contributed by atoms with Gasteiger partial charge in [0.05, 0.1) is 0 Å². The third kappa shape index (κ3) is 3.31. The van der Waals surface area contributed by atoms with E-state index in [9.17, 15) is 4.79 Å².